The molecule has 2 atom stereocenters. The van der Waals surface area contributed by atoms with Gasteiger partial charge >= 0.3 is 0 Å². The van der Waals surface area contributed by atoms with Crippen molar-refractivity contribution < 1.29 is 8.42 Å². The molecular formula is C18H17ClN2O2S2. The number of hydrogen-bond acceptors (Lipinski definition) is 5. The highest BCUT2D eigenvalue weighted by Gasteiger charge is 2.47. The number of hydrogen-bond donors (Lipinski definition) is 0. The molecule has 25 heavy (non-hydrogen) atoms. The number of sulfone groups is 1. The van der Waals surface area contributed by atoms with Gasteiger partial charge in [0.2, 0.25) is 0 Å². The molecule has 7 heteroatoms. The predicted molar refractivity (Wildman–Crippen MR) is 105 cm³/mol. The minimum Gasteiger partial charge on any atom is -0.315 e. The monoisotopic (exact) mass is 392 g/mol. The van der Waals surface area contributed by atoms with E-state index in [1.165, 1.54) is 0 Å². The van der Waals surface area contributed by atoms with Gasteiger partial charge in [-0.2, -0.15) is 0 Å². The highest BCUT2D eigenvalue weighted by atomic mass is 35.5. The number of rotatable bonds is 3. The topological polar surface area (TPSA) is 49.7 Å². The first kappa shape index (κ1) is 16.9. The Morgan fingerprint density at radius 3 is 2.68 bits per heavy atom. The SMILES string of the molecule is O=S1(=O)C[C@@H]2N=C(SCc3cccc(Cl)c3)N(c3ccccc3)[C@@H]2C1. The normalized spacial score (nSPS) is 24.2. The lowest BCUT2D eigenvalue weighted by Crippen LogP contribution is -2.39. The Bertz CT molecular complexity index is 916. The third-order valence-corrected chi connectivity index (χ3v) is 7.37. The molecule has 2 aromatic rings. The molecule has 0 bridgehead atoms. The maximum absolute atomic E-state index is 12.0. The van der Waals surface area contributed by atoms with E-state index in [-0.39, 0.29) is 23.6 Å². The van der Waals surface area contributed by atoms with Gasteiger partial charge in [0.15, 0.2) is 15.0 Å². The van der Waals surface area contributed by atoms with E-state index in [2.05, 4.69) is 4.90 Å². The predicted octanol–water partition coefficient (Wildman–Crippen LogP) is 3.62. The molecule has 1 fully saturated rings. The Morgan fingerprint density at radius 2 is 1.92 bits per heavy atom. The van der Waals surface area contributed by atoms with Crippen LogP contribution in [0.15, 0.2) is 59.6 Å². The molecule has 0 spiro atoms. The summed E-state index contributed by atoms with van der Waals surface area (Å²) in [5, 5.41) is 1.60. The Hall–Kier alpha value is -1.50. The summed E-state index contributed by atoms with van der Waals surface area (Å²) in [5.41, 5.74) is 2.11. The molecule has 0 N–H and O–H groups in total. The van der Waals surface area contributed by atoms with Crippen molar-refractivity contribution in [1.29, 1.82) is 0 Å². The maximum Gasteiger partial charge on any atom is 0.164 e. The average molecular weight is 393 g/mol. The summed E-state index contributed by atoms with van der Waals surface area (Å²) in [6.07, 6.45) is 0. The summed E-state index contributed by atoms with van der Waals surface area (Å²) in [6.45, 7) is 0. The second kappa shape index (κ2) is 6.67. The quantitative estimate of drug-likeness (QED) is 0.800. The van der Waals surface area contributed by atoms with Crippen molar-refractivity contribution in [1.82, 2.24) is 0 Å². The van der Waals surface area contributed by atoms with Gasteiger partial charge in [0.05, 0.1) is 23.6 Å². The zero-order valence-corrected chi connectivity index (χ0v) is 15.8. The zero-order chi connectivity index (χ0) is 17.4. The standard InChI is InChI=1S/C18H17ClN2O2S2/c19-14-6-4-5-13(9-14)10-24-18-20-16-11-25(22,23)12-17(16)21(18)15-7-2-1-3-8-15/h1-9,16-17H,10-12H2/t16-,17+/m0/s1. The molecular weight excluding hydrogens is 376 g/mol. The highest BCUT2D eigenvalue weighted by molar-refractivity contribution is 8.13. The van der Waals surface area contributed by atoms with E-state index in [1.807, 2.05) is 54.6 Å². The summed E-state index contributed by atoms with van der Waals surface area (Å²) in [7, 11) is -3.02. The van der Waals surface area contributed by atoms with Crippen LogP contribution in [0.4, 0.5) is 5.69 Å². The molecule has 0 radical (unpaired) electrons. The number of halogens is 1. The molecule has 0 saturated carbocycles. The van der Waals surface area contributed by atoms with E-state index in [9.17, 15) is 8.42 Å². The van der Waals surface area contributed by atoms with E-state index in [4.69, 9.17) is 16.6 Å². The summed E-state index contributed by atoms with van der Waals surface area (Å²) in [4.78, 5) is 6.82. The van der Waals surface area contributed by atoms with Crippen LogP contribution in [0.1, 0.15) is 5.56 Å². The third kappa shape index (κ3) is 3.57. The van der Waals surface area contributed by atoms with Gasteiger partial charge in [-0.25, -0.2) is 8.42 Å². The van der Waals surface area contributed by atoms with Gasteiger partial charge in [0, 0.05) is 16.5 Å². The van der Waals surface area contributed by atoms with Crippen molar-refractivity contribution in [2.45, 2.75) is 17.8 Å². The van der Waals surface area contributed by atoms with Crippen LogP contribution >= 0.6 is 23.4 Å². The van der Waals surface area contributed by atoms with Gasteiger partial charge in [-0.15, -0.1) is 0 Å². The minimum absolute atomic E-state index is 0.103. The van der Waals surface area contributed by atoms with Gasteiger partial charge in [-0.05, 0) is 29.8 Å². The number of anilines is 1. The summed E-state index contributed by atoms with van der Waals surface area (Å²) in [6, 6.07) is 17.4. The average Bonchev–Trinajstić information content (AvgIpc) is 3.05. The molecule has 2 heterocycles. The third-order valence-electron chi connectivity index (χ3n) is 4.40. The van der Waals surface area contributed by atoms with Crippen molar-refractivity contribution in [2.24, 2.45) is 4.99 Å². The molecule has 2 aliphatic rings. The van der Waals surface area contributed by atoms with Gasteiger partial charge in [-0.1, -0.05) is 53.7 Å². The smallest absolute Gasteiger partial charge is 0.164 e. The van der Waals surface area contributed by atoms with Crippen LogP contribution in [-0.2, 0) is 15.6 Å². The van der Waals surface area contributed by atoms with Crippen LogP contribution in [0.2, 0.25) is 5.02 Å². The maximum atomic E-state index is 12.0. The van der Waals surface area contributed by atoms with E-state index < -0.39 is 9.84 Å². The number of thioether (sulfide) groups is 1. The number of benzene rings is 2. The van der Waals surface area contributed by atoms with Gasteiger partial charge in [-0.3, -0.25) is 4.99 Å². The van der Waals surface area contributed by atoms with Crippen molar-refractivity contribution in [3.05, 3.63) is 65.2 Å². The van der Waals surface area contributed by atoms with Crippen LogP contribution in [0, 0.1) is 0 Å². The molecule has 0 aromatic heterocycles. The van der Waals surface area contributed by atoms with Crippen LogP contribution < -0.4 is 4.90 Å². The fraction of sp³-hybridized carbons (Fsp3) is 0.278. The fourth-order valence-corrected chi connectivity index (χ4v) is 6.42. The van der Waals surface area contributed by atoms with Crippen LogP contribution in [-0.4, -0.2) is 37.2 Å². The van der Waals surface area contributed by atoms with Crippen LogP contribution in [0.5, 0.6) is 0 Å². The van der Waals surface area contributed by atoms with Crippen molar-refractivity contribution >= 4 is 44.1 Å². The number of nitrogens with zero attached hydrogens (tertiary/aromatic N) is 2. The van der Waals surface area contributed by atoms with Crippen LogP contribution in [0.3, 0.4) is 0 Å². The highest BCUT2D eigenvalue weighted by Crippen LogP contribution is 2.35. The first-order valence-electron chi connectivity index (χ1n) is 8.02. The second-order valence-corrected chi connectivity index (χ2v) is 9.78. The van der Waals surface area contributed by atoms with E-state index in [0.29, 0.717) is 5.02 Å². The zero-order valence-electron chi connectivity index (χ0n) is 13.4. The van der Waals surface area contributed by atoms with Crippen molar-refractivity contribution in [3.8, 4) is 0 Å². The largest absolute Gasteiger partial charge is 0.315 e. The molecule has 1 saturated heterocycles. The van der Waals surface area contributed by atoms with Crippen LogP contribution in [0.25, 0.3) is 0 Å². The Kier molecular flexibility index (Phi) is 4.52. The molecule has 0 amide bonds. The van der Waals surface area contributed by atoms with Crippen molar-refractivity contribution in [3.63, 3.8) is 0 Å². The Balaban J connectivity index is 1.60. The van der Waals surface area contributed by atoms with E-state index in [0.717, 1.165) is 22.2 Å². The molecule has 0 aliphatic carbocycles. The molecule has 2 aromatic carbocycles. The molecule has 2 aliphatic heterocycles. The summed E-state index contributed by atoms with van der Waals surface area (Å²) in [5.74, 6) is 1.05. The first-order chi connectivity index (χ1) is 12.0. The lowest BCUT2D eigenvalue weighted by Gasteiger charge is -2.26. The first-order valence-corrected chi connectivity index (χ1v) is 11.2. The molecule has 0 unspecified atom stereocenters. The number of aliphatic imine (C=N–C) groups is 1. The number of amidine groups is 1. The minimum atomic E-state index is -3.02. The van der Waals surface area contributed by atoms with Crippen molar-refractivity contribution in [2.75, 3.05) is 16.4 Å². The Labute approximate surface area is 156 Å². The lowest BCUT2D eigenvalue weighted by molar-refractivity contribution is 0.601. The lowest BCUT2D eigenvalue weighted by atomic mass is 10.1. The molecule has 130 valence electrons. The second-order valence-electron chi connectivity index (χ2n) is 6.25. The van der Waals surface area contributed by atoms with Gasteiger partial charge < -0.3 is 4.90 Å². The molecule has 4 nitrogen and oxygen atoms in total. The number of para-hydroxylation sites is 1. The summed E-state index contributed by atoms with van der Waals surface area (Å²) < 4.78 is 24.1. The van der Waals surface area contributed by atoms with E-state index >= 15 is 0 Å². The number of fused-ring (bicyclic) bond motifs is 1. The Morgan fingerprint density at radius 1 is 1.12 bits per heavy atom. The fourth-order valence-electron chi connectivity index (χ4n) is 3.30. The summed E-state index contributed by atoms with van der Waals surface area (Å²) >= 11 is 7.69. The van der Waals surface area contributed by atoms with E-state index in [1.54, 1.807) is 11.8 Å². The van der Waals surface area contributed by atoms with Gasteiger partial charge in [0.1, 0.15) is 0 Å². The molecule has 4 rings (SSSR count). The van der Waals surface area contributed by atoms with Gasteiger partial charge in [0.25, 0.3) is 0 Å².